The maximum Gasteiger partial charge on any atom is 0.233 e. The summed E-state index contributed by atoms with van der Waals surface area (Å²) in [6.07, 6.45) is 2.15. The van der Waals surface area contributed by atoms with Crippen molar-refractivity contribution in [3.63, 3.8) is 0 Å². The van der Waals surface area contributed by atoms with Crippen molar-refractivity contribution in [2.45, 2.75) is 23.8 Å². The smallest absolute Gasteiger partial charge is 0.233 e. The van der Waals surface area contributed by atoms with Gasteiger partial charge in [0, 0.05) is 6.54 Å². The third-order valence-electron chi connectivity index (χ3n) is 3.68. The SMILES string of the molecule is C[C@@H](Sc1nnc(-c2ccco2)n1N)C(=O)NCCc1ccc(F)cc1. The number of nitrogens with two attached hydrogens (primary N) is 1. The molecule has 0 aliphatic rings. The van der Waals surface area contributed by atoms with Gasteiger partial charge < -0.3 is 15.6 Å². The summed E-state index contributed by atoms with van der Waals surface area (Å²) < 4.78 is 19.4. The molecule has 0 fully saturated rings. The predicted molar refractivity (Wildman–Crippen MR) is 96.3 cm³/mol. The van der Waals surface area contributed by atoms with E-state index < -0.39 is 5.25 Å². The summed E-state index contributed by atoms with van der Waals surface area (Å²) in [6, 6.07) is 9.67. The lowest BCUT2D eigenvalue weighted by molar-refractivity contribution is -0.120. The molecule has 0 unspecified atom stereocenters. The molecule has 136 valence electrons. The van der Waals surface area contributed by atoms with E-state index >= 15 is 0 Å². The van der Waals surface area contributed by atoms with Gasteiger partial charge in [-0.2, -0.15) is 0 Å². The van der Waals surface area contributed by atoms with Crippen molar-refractivity contribution in [2.24, 2.45) is 0 Å². The van der Waals surface area contributed by atoms with Gasteiger partial charge in [0.25, 0.3) is 0 Å². The molecule has 2 heterocycles. The number of benzene rings is 1. The second-order valence-corrected chi connectivity index (χ2v) is 6.89. The van der Waals surface area contributed by atoms with Crippen molar-refractivity contribution in [3.05, 3.63) is 54.0 Å². The number of hydrogen-bond acceptors (Lipinski definition) is 6. The number of halogens is 1. The summed E-state index contributed by atoms with van der Waals surface area (Å²) >= 11 is 1.21. The van der Waals surface area contributed by atoms with Gasteiger partial charge in [0.15, 0.2) is 5.76 Å². The predicted octanol–water partition coefficient (Wildman–Crippen LogP) is 2.23. The molecule has 1 aromatic carbocycles. The number of thioether (sulfide) groups is 1. The molecule has 0 saturated carbocycles. The number of nitrogens with one attached hydrogen (secondary N) is 1. The van der Waals surface area contributed by atoms with Gasteiger partial charge in [-0.15, -0.1) is 10.2 Å². The minimum atomic E-state index is -0.404. The van der Waals surface area contributed by atoms with Crippen molar-refractivity contribution < 1.29 is 13.6 Å². The number of amides is 1. The molecule has 3 rings (SSSR count). The zero-order valence-electron chi connectivity index (χ0n) is 14.1. The Morgan fingerprint density at radius 1 is 1.35 bits per heavy atom. The number of aromatic nitrogens is 3. The van der Waals surface area contributed by atoms with E-state index in [9.17, 15) is 9.18 Å². The van der Waals surface area contributed by atoms with Gasteiger partial charge in [0.2, 0.25) is 16.9 Å². The fourth-order valence-corrected chi connectivity index (χ4v) is 3.06. The largest absolute Gasteiger partial charge is 0.461 e. The summed E-state index contributed by atoms with van der Waals surface area (Å²) in [7, 11) is 0. The highest BCUT2D eigenvalue weighted by Crippen LogP contribution is 2.24. The first-order chi connectivity index (χ1) is 12.5. The highest BCUT2D eigenvalue weighted by Gasteiger charge is 2.20. The van der Waals surface area contributed by atoms with Crippen molar-refractivity contribution in [1.82, 2.24) is 20.2 Å². The second kappa shape index (κ2) is 8.05. The third-order valence-corrected chi connectivity index (χ3v) is 4.74. The van der Waals surface area contributed by atoms with Crippen molar-refractivity contribution in [3.8, 4) is 11.6 Å². The fourth-order valence-electron chi connectivity index (χ4n) is 2.27. The second-order valence-electron chi connectivity index (χ2n) is 5.58. The van der Waals surface area contributed by atoms with Crippen LogP contribution >= 0.6 is 11.8 Å². The number of nitrogen functional groups attached to an aromatic ring is 1. The van der Waals surface area contributed by atoms with Crippen LogP contribution in [0, 0.1) is 5.82 Å². The summed E-state index contributed by atoms with van der Waals surface area (Å²) in [5.41, 5.74) is 0.955. The maximum atomic E-state index is 12.9. The topological polar surface area (TPSA) is 99.0 Å². The number of carbonyl (C=O) groups excluding carboxylic acids is 1. The summed E-state index contributed by atoms with van der Waals surface area (Å²) in [6.45, 7) is 2.22. The normalized spacial score (nSPS) is 12.1. The number of rotatable bonds is 7. The van der Waals surface area contributed by atoms with Crippen LogP contribution < -0.4 is 11.2 Å². The molecular weight excluding hydrogens is 357 g/mol. The van der Waals surface area contributed by atoms with E-state index in [1.54, 1.807) is 31.2 Å². The van der Waals surface area contributed by atoms with Gasteiger partial charge in [0.1, 0.15) is 5.82 Å². The molecule has 3 N–H and O–H groups in total. The Balaban J connectivity index is 1.52. The molecule has 0 spiro atoms. The molecule has 1 atom stereocenters. The lowest BCUT2D eigenvalue weighted by atomic mass is 10.1. The Kier molecular flexibility index (Phi) is 5.57. The molecule has 2 aromatic heterocycles. The van der Waals surface area contributed by atoms with Crippen LogP contribution in [0.25, 0.3) is 11.6 Å². The first-order valence-corrected chi connectivity index (χ1v) is 8.85. The van der Waals surface area contributed by atoms with Gasteiger partial charge in [-0.1, -0.05) is 23.9 Å². The first kappa shape index (κ1) is 18.0. The van der Waals surface area contributed by atoms with Crippen LogP contribution in [0.2, 0.25) is 0 Å². The Hall–Kier alpha value is -2.81. The minimum Gasteiger partial charge on any atom is -0.461 e. The van der Waals surface area contributed by atoms with Gasteiger partial charge >= 0.3 is 0 Å². The standard InChI is InChI=1S/C17H18FN5O2S/c1-11(16(24)20-9-8-12-4-6-13(18)7-5-12)26-17-22-21-15(23(17)19)14-3-2-10-25-14/h2-7,10-11H,8-9,19H2,1H3,(H,20,24)/t11-/m1/s1. The number of carbonyl (C=O) groups is 1. The van der Waals surface area contributed by atoms with Crippen LogP contribution in [0.5, 0.6) is 0 Å². The molecule has 1 amide bonds. The molecular formula is C17H18FN5O2S. The summed E-state index contributed by atoms with van der Waals surface area (Å²) in [5, 5.41) is 10.9. The highest BCUT2D eigenvalue weighted by atomic mass is 32.2. The minimum absolute atomic E-state index is 0.139. The molecule has 7 nitrogen and oxygen atoms in total. The lowest BCUT2D eigenvalue weighted by Crippen LogP contribution is -2.32. The number of nitrogens with zero attached hydrogens (tertiary/aromatic N) is 3. The molecule has 0 saturated heterocycles. The molecule has 9 heteroatoms. The van der Waals surface area contributed by atoms with E-state index in [-0.39, 0.29) is 11.7 Å². The fraction of sp³-hybridized carbons (Fsp3) is 0.235. The maximum absolute atomic E-state index is 12.9. The highest BCUT2D eigenvalue weighted by molar-refractivity contribution is 8.00. The summed E-state index contributed by atoms with van der Waals surface area (Å²) in [4.78, 5) is 12.2. The Morgan fingerprint density at radius 3 is 2.81 bits per heavy atom. The average molecular weight is 375 g/mol. The molecule has 26 heavy (non-hydrogen) atoms. The number of hydrogen-bond donors (Lipinski definition) is 2. The van der Waals surface area contributed by atoms with E-state index in [4.69, 9.17) is 10.3 Å². The zero-order chi connectivity index (χ0) is 18.5. The van der Waals surface area contributed by atoms with Crippen LogP contribution in [0.3, 0.4) is 0 Å². The van der Waals surface area contributed by atoms with Gasteiger partial charge in [0.05, 0.1) is 11.5 Å². The monoisotopic (exact) mass is 375 g/mol. The van der Waals surface area contributed by atoms with Crippen LogP contribution in [0.15, 0.2) is 52.2 Å². The molecule has 0 bridgehead atoms. The van der Waals surface area contributed by atoms with E-state index in [0.717, 1.165) is 5.56 Å². The Morgan fingerprint density at radius 2 is 2.12 bits per heavy atom. The molecule has 3 aromatic rings. The lowest BCUT2D eigenvalue weighted by Gasteiger charge is -2.11. The third kappa shape index (κ3) is 4.23. The van der Waals surface area contributed by atoms with E-state index in [0.29, 0.717) is 29.7 Å². The van der Waals surface area contributed by atoms with Crippen LogP contribution in [-0.4, -0.2) is 32.6 Å². The van der Waals surface area contributed by atoms with Crippen LogP contribution in [-0.2, 0) is 11.2 Å². The van der Waals surface area contributed by atoms with Gasteiger partial charge in [-0.25, -0.2) is 9.07 Å². The average Bonchev–Trinajstić information content (AvgIpc) is 3.27. The Bertz CT molecular complexity index is 864. The molecule has 0 radical (unpaired) electrons. The molecule has 0 aliphatic heterocycles. The van der Waals surface area contributed by atoms with E-state index in [1.165, 1.54) is 34.8 Å². The van der Waals surface area contributed by atoms with Crippen molar-refractivity contribution in [2.75, 3.05) is 12.4 Å². The Labute approximate surface area is 153 Å². The van der Waals surface area contributed by atoms with Crippen LogP contribution in [0.1, 0.15) is 12.5 Å². The van der Waals surface area contributed by atoms with Gasteiger partial charge in [-0.3, -0.25) is 4.79 Å². The van der Waals surface area contributed by atoms with Crippen molar-refractivity contribution >= 4 is 17.7 Å². The molecule has 0 aliphatic carbocycles. The van der Waals surface area contributed by atoms with E-state index in [2.05, 4.69) is 15.5 Å². The van der Waals surface area contributed by atoms with E-state index in [1.807, 2.05) is 0 Å². The van der Waals surface area contributed by atoms with Crippen molar-refractivity contribution in [1.29, 1.82) is 0 Å². The number of furan rings is 1. The van der Waals surface area contributed by atoms with Gasteiger partial charge in [-0.05, 0) is 43.2 Å². The quantitative estimate of drug-likeness (QED) is 0.485. The zero-order valence-corrected chi connectivity index (χ0v) is 14.9. The first-order valence-electron chi connectivity index (χ1n) is 7.98. The van der Waals surface area contributed by atoms with Crippen LogP contribution in [0.4, 0.5) is 4.39 Å². The summed E-state index contributed by atoms with van der Waals surface area (Å²) in [5.74, 6) is 6.46.